The van der Waals surface area contributed by atoms with E-state index in [0.29, 0.717) is 25.2 Å². The van der Waals surface area contributed by atoms with E-state index in [1.807, 2.05) is 4.90 Å². The number of nitrogens with one attached hydrogen (secondary N) is 1. The topological polar surface area (TPSA) is 56.1 Å². The fourth-order valence-corrected chi connectivity index (χ4v) is 2.32. The molecule has 1 aliphatic rings. The van der Waals surface area contributed by atoms with Crippen molar-refractivity contribution in [1.29, 1.82) is 5.26 Å². The summed E-state index contributed by atoms with van der Waals surface area (Å²) in [5, 5.41) is 11.2. The Balaban J connectivity index is 1.95. The van der Waals surface area contributed by atoms with Gasteiger partial charge >= 0.3 is 6.18 Å². The van der Waals surface area contributed by atoms with Crippen LogP contribution in [0.5, 0.6) is 0 Å². The number of hydrogen-bond donors (Lipinski definition) is 1. The summed E-state index contributed by atoms with van der Waals surface area (Å²) in [6, 6.07) is 6.67. The normalized spacial score (nSPS) is 18.4. The second-order valence-electron chi connectivity index (χ2n) is 4.88. The van der Waals surface area contributed by atoms with E-state index >= 15 is 0 Å². The number of amides is 1. The van der Waals surface area contributed by atoms with Gasteiger partial charge in [0.1, 0.15) is 6.42 Å². The van der Waals surface area contributed by atoms with Crippen molar-refractivity contribution in [2.75, 3.05) is 18.0 Å². The van der Waals surface area contributed by atoms with Crippen LogP contribution in [-0.2, 0) is 11.0 Å². The number of carbonyl (C=O) groups is 1. The van der Waals surface area contributed by atoms with Crippen LogP contribution in [0.3, 0.4) is 0 Å². The van der Waals surface area contributed by atoms with Gasteiger partial charge in [-0.3, -0.25) is 4.79 Å². The second-order valence-corrected chi connectivity index (χ2v) is 4.88. The smallest absolute Gasteiger partial charge is 0.369 e. The zero-order valence-corrected chi connectivity index (χ0v) is 11.2. The van der Waals surface area contributed by atoms with Gasteiger partial charge in [-0.25, -0.2) is 0 Å². The van der Waals surface area contributed by atoms with E-state index in [4.69, 9.17) is 5.26 Å². The third kappa shape index (κ3) is 3.88. The van der Waals surface area contributed by atoms with Crippen LogP contribution in [0.15, 0.2) is 24.3 Å². The third-order valence-corrected chi connectivity index (χ3v) is 3.35. The first-order valence-corrected chi connectivity index (χ1v) is 6.48. The summed E-state index contributed by atoms with van der Waals surface area (Å²) >= 11 is 0. The maximum Gasteiger partial charge on any atom is 0.416 e. The lowest BCUT2D eigenvalue weighted by Gasteiger charge is -2.19. The van der Waals surface area contributed by atoms with Gasteiger partial charge in [0.15, 0.2) is 0 Å². The first-order valence-electron chi connectivity index (χ1n) is 6.48. The van der Waals surface area contributed by atoms with Crippen LogP contribution in [0.2, 0.25) is 0 Å². The van der Waals surface area contributed by atoms with Crippen LogP contribution in [0.25, 0.3) is 0 Å². The Hall–Kier alpha value is -2.23. The molecule has 0 radical (unpaired) electrons. The van der Waals surface area contributed by atoms with Gasteiger partial charge < -0.3 is 10.2 Å². The van der Waals surface area contributed by atoms with Crippen LogP contribution in [0.4, 0.5) is 18.9 Å². The van der Waals surface area contributed by atoms with E-state index in [-0.39, 0.29) is 18.4 Å². The Bertz CT molecular complexity index is 548. The zero-order valence-electron chi connectivity index (χ0n) is 11.2. The number of nitriles is 1. The number of benzene rings is 1. The standard InChI is InChI=1S/C14H14F3N3O/c15-14(16,17)10-1-3-12(4-2-10)20-8-6-11(9-20)19-13(21)5-7-18/h1-4,11H,5-6,8-9H2,(H,19,21)/t11-/m1/s1. The summed E-state index contributed by atoms with van der Waals surface area (Å²) in [6.45, 7) is 1.19. The monoisotopic (exact) mass is 297 g/mol. The Morgan fingerprint density at radius 3 is 2.62 bits per heavy atom. The van der Waals surface area contributed by atoms with Gasteiger partial charge in [0.2, 0.25) is 5.91 Å². The van der Waals surface area contributed by atoms with Gasteiger partial charge in [-0.1, -0.05) is 0 Å². The highest BCUT2D eigenvalue weighted by atomic mass is 19.4. The molecule has 1 aliphatic heterocycles. The molecule has 0 bridgehead atoms. The maximum absolute atomic E-state index is 12.5. The molecular formula is C14H14F3N3O. The summed E-state index contributed by atoms with van der Waals surface area (Å²) in [6.07, 6.45) is -3.81. The number of alkyl halides is 3. The van der Waals surface area contributed by atoms with Crippen LogP contribution >= 0.6 is 0 Å². The molecule has 7 heteroatoms. The second kappa shape index (κ2) is 6.04. The molecule has 0 unspecified atom stereocenters. The van der Waals surface area contributed by atoms with E-state index in [1.165, 1.54) is 12.1 Å². The fraction of sp³-hybridized carbons (Fsp3) is 0.429. The molecular weight excluding hydrogens is 283 g/mol. The minimum Gasteiger partial charge on any atom is -0.369 e. The summed E-state index contributed by atoms with van der Waals surface area (Å²) in [5.74, 6) is -0.322. The number of hydrogen-bond acceptors (Lipinski definition) is 3. The molecule has 0 spiro atoms. The van der Waals surface area contributed by atoms with E-state index in [0.717, 1.165) is 12.1 Å². The lowest BCUT2D eigenvalue weighted by Crippen LogP contribution is -2.36. The van der Waals surface area contributed by atoms with E-state index in [2.05, 4.69) is 5.32 Å². The van der Waals surface area contributed by atoms with Crippen LogP contribution in [0.1, 0.15) is 18.4 Å². The first-order chi connectivity index (χ1) is 9.90. The molecule has 0 saturated carbocycles. The van der Waals surface area contributed by atoms with Gasteiger partial charge in [-0.15, -0.1) is 0 Å². The van der Waals surface area contributed by atoms with Gasteiger partial charge in [0, 0.05) is 24.8 Å². The lowest BCUT2D eigenvalue weighted by molar-refractivity contribution is -0.137. The summed E-state index contributed by atoms with van der Waals surface area (Å²) in [5.41, 5.74) is 0.0179. The number of anilines is 1. The SMILES string of the molecule is N#CCC(=O)N[C@@H]1CCN(c2ccc(C(F)(F)F)cc2)C1. The van der Waals surface area contributed by atoms with Crippen molar-refractivity contribution >= 4 is 11.6 Å². The summed E-state index contributed by atoms with van der Waals surface area (Å²) < 4.78 is 37.5. The van der Waals surface area contributed by atoms with Crippen molar-refractivity contribution in [2.45, 2.75) is 25.1 Å². The third-order valence-electron chi connectivity index (χ3n) is 3.35. The Kier molecular flexibility index (Phi) is 4.36. The first kappa shape index (κ1) is 15.2. The predicted molar refractivity (Wildman–Crippen MR) is 70.4 cm³/mol. The fourth-order valence-electron chi connectivity index (χ4n) is 2.32. The molecule has 0 aliphatic carbocycles. The molecule has 1 N–H and O–H groups in total. The molecule has 4 nitrogen and oxygen atoms in total. The van der Waals surface area contributed by atoms with Crippen molar-refractivity contribution in [3.05, 3.63) is 29.8 Å². The van der Waals surface area contributed by atoms with E-state index in [1.54, 1.807) is 6.07 Å². The predicted octanol–water partition coefficient (Wildman–Crippen LogP) is 2.31. The number of halogens is 3. The van der Waals surface area contributed by atoms with Crippen molar-refractivity contribution in [2.24, 2.45) is 0 Å². The molecule has 1 aromatic rings. The molecule has 1 fully saturated rings. The average molecular weight is 297 g/mol. The molecule has 112 valence electrons. The molecule has 1 saturated heterocycles. The highest BCUT2D eigenvalue weighted by Gasteiger charge is 2.30. The number of carbonyl (C=O) groups excluding carboxylic acids is 1. The van der Waals surface area contributed by atoms with Gasteiger partial charge in [-0.05, 0) is 30.7 Å². The molecule has 1 atom stereocenters. The zero-order chi connectivity index (χ0) is 15.5. The molecule has 21 heavy (non-hydrogen) atoms. The molecule has 2 rings (SSSR count). The summed E-state index contributed by atoms with van der Waals surface area (Å²) in [4.78, 5) is 13.2. The van der Waals surface area contributed by atoms with E-state index < -0.39 is 11.7 Å². The Morgan fingerprint density at radius 2 is 2.05 bits per heavy atom. The lowest BCUT2D eigenvalue weighted by atomic mass is 10.2. The van der Waals surface area contributed by atoms with Gasteiger partial charge in [0.25, 0.3) is 0 Å². The molecule has 0 aromatic heterocycles. The van der Waals surface area contributed by atoms with Crippen LogP contribution in [0, 0.1) is 11.3 Å². The van der Waals surface area contributed by atoms with Crippen LogP contribution < -0.4 is 10.2 Å². The average Bonchev–Trinajstić information content (AvgIpc) is 2.86. The minimum atomic E-state index is -4.34. The quantitative estimate of drug-likeness (QED) is 0.931. The number of rotatable bonds is 3. The highest BCUT2D eigenvalue weighted by molar-refractivity contribution is 5.78. The molecule has 1 amide bonds. The Morgan fingerprint density at radius 1 is 1.38 bits per heavy atom. The van der Waals surface area contributed by atoms with Crippen LogP contribution in [-0.4, -0.2) is 25.0 Å². The number of nitrogens with zero attached hydrogens (tertiary/aromatic N) is 2. The van der Waals surface area contributed by atoms with Gasteiger partial charge in [0.05, 0.1) is 11.6 Å². The summed E-state index contributed by atoms with van der Waals surface area (Å²) in [7, 11) is 0. The molecule has 1 heterocycles. The van der Waals surface area contributed by atoms with Crippen molar-refractivity contribution < 1.29 is 18.0 Å². The van der Waals surface area contributed by atoms with Gasteiger partial charge in [-0.2, -0.15) is 18.4 Å². The molecule has 1 aromatic carbocycles. The minimum absolute atomic E-state index is 0.0758. The van der Waals surface area contributed by atoms with Crippen molar-refractivity contribution in [1.82, 2.24) is 5.32 Å². The van der Waals surface area contributed by atoms with Crippen molar-refractivity contribution in [3.8, 4) is 6.07 Å². The van der Waals surface area contributed by atoms with E-state index in [9.17, 15) is 18.0 Å². The largest absolute Gasteiger partial charge is 0.416 e. The Labute approximate surface area is 120 Å². The van der Waals surface area contributed by atoms with Crippen molar-refractivity contribution in [3.63, 3.8) is 0 Å². The highest BCUT2D eigenvalue weighted by Crippen LogP contribution is 2.31. The maximum atomic E-state index is 12.5.